The lowest BCUT2D eigenvalue weighted by atomic mass is 10.0. The van der Waals surface area contributed by atoms with Gasteiger partial charge < -0.3 is 14.9 Å². The van der Waals surface area contributed by atoms with Crippen LogP contribution in [0, 0.1) is 5.92 Å². The first-order valence-electron chi connectivity index (χ1n) is 8.97. The van der Waals surface area contributed by atoms with E-state index >= 15 is 0 Å². The Bertz CT molecular complexity index is 507. The SMILES string of the molecule is COc1cccc(O)c1CN1CCN(CCC(C)C)[C@@H](CCO)C1. The zero-order valence-corrected chi connectivity index (χ0v) is 15.2. The summed E-state index contributed by atoms with van der Waals surface area (Å²) in [4.78, 5) is 4.86. The molecule has 24 heavy (non-hydrogen) atoms. The summed E-state index contributed by atoms with van der Waals surface area (Å²) in [5, 5.41) is 19.6. The van der Waals surface area contributed by atoms with Crippen molar-refractivity contribution in [1.82, 2.24) is 9.80 Å². The van der Waals surface area contributed by atoms with Gasteiger partial charge in [0.15, 0.2) is 0 Å². The van der Waals surface area contributed by atoms with E-state index in [0.717, 1.165) is 43.9 Å². The Morgan fingerprint density at radius 3 is 2.75 bits per heavy atom. The van der Waals surface area contributed by atoms with Crippen molar-refractivity contribution >= 4 is 0 Å². The third-order valence-electron chi connectivity index (χ3n) is 4.85. The van der Waals surface area contributed by atoms with E-state index in [1.54, 1.807) is 19.2 Å². The Morgan fingerprint density at radius 1 is 1.29 bits per heavy atom. The number of aliphatic hydroxyl groups excluding tert-OH is 1. The normalized spacial score (nSPS) is 19.8. The standard InChI is InChI=1S/C19H32N2O3/c1-15(2)7-9-21-11-10-20(13-16(21)8-12-22)14-17-18(23)5-4-6-19(17)24-3/h4-6,15-16,22-23H,7-14H2,1-3H3/t16-/m0/s1. The number of aromatic hydroxyl groups is 1. The van der Waals surface area contributed by atoms with Crippen LogP contribution in [0.25, 0.3) is 0 Å². The van der Waals surface area contributed by atoms with Gasteiger partial charge in [0.25, 0.3) is 0 Å². The zero-order chi connectivity index (χ0) is 17.5. The van der Waals surface area contributed by atoms with E-state index in [2.05, 4.69) is 23.6 Å². The molecule has 0 saturated carbocycles. The minimum atomic E-state index is 0.219. The molecule has 2 rings (SSSR count). The summed E-state index contributed by atoms with van der Waals surface area (Å²) in [7, 11) is 1.64. The fourth-order valence-electron chi connectivity index (χ4n) is 3.37. The highest BCUT2D eigenvalue weighted by atomic mass is 16.5. The first kappa shape index (κ1) is 19.0. The van der Waals surface area contributed by atoms with Gasteiger partial charge in [0.2, 0.25) is 0 Å². The van der Waals surface area contributed by atoms with E-state index in [0.29, 0.717) is 18.5 Å². The van der Waals surface area contributed by atoms with E-state index in [-0.39, 0.29) is 12.4 Å². The lowest BCUT2D eigenvalue weighted by molar-refractivity contribution is 0.0517. The zero-order valence-electron chi connectivity index (χ0n) is 15.2. The summed E-state index contributed by atoms with van der Waals surface area (Å²) < 4.78 is 5.39. The maximum Gasteiger partial charge on any atom is 0.127 e. The van der Waals surface area contributed by atoms with Crippen molar-refractivity contribution in [2.75, 3.05) is 39.9 Å². The molecule has 1 fully saturated rings. The van der Waals surface area contributed by atoms with Crippen molar-refractivity contribution in [1.29, 1.82) is 0 Å². The summed E-state index contributed by atoms with van der Waals surface area (Å²) in [6.07, 6.45) is 1.99. The van der Waals surface area contributed by atoms with Gasteiger partial charge in [0.05, 0.1) is 7.11 Å². The average Bonchev–Trinajstić information content (AvgIpc) is 2.56. The summed E-state index contributed by atoms with van der Waals surface area (Å²) in [5.41, 5.74) is 0.846. The minimum absolute atomic E-state index is 0.219. The maximum absolute atomic E-state index is 10.2. The van der Waals surface area contributed by atoms with Crippen LogP contribution in [0.2, 0.25) is 0 Å². The van der Waals surface area contributed by atoms with E-state index < -0.39 is 0 Å². The van der Waals surface area contributed by atoms with Crippen LogP contribution in [0.1, 0.15) is 32.3 Å². The highest BCUT2D eigenvalue weighted by molar-refractivity contribution is 5.43. The van der Waals surface area contributed by atoms with Crippen LogP contribution in [0.4, 0.5) is 0 Å². The number of hydrogen-bond donors (Lipinski definition) is 2. The monoisotopic (exact) mass is 336 g/mol. The number of rotatable bonds is 8. The molecule has 0 bridgehead atoms. The molecule has 1 atom stereocenters. The Labute approximate surface area is 145 Å². The lowest BCUT2D eigenvalue weighted by Crippen LogP contribution is -2.53. The van der Waals surface area contributed by atoms with Gasteiger partial charge in [-0.3, -0.25) is 9.80 Å². The molecule has 2 N–H and O–H groups in total. The molecule has 1 saturated heterocycles. The van der Waals surface area contributed by atoms with Gasteiger partial charge in [-0.1, -0.05) is 19.9 Å². The quantitative estimate of drug-likeness (QED) is 0.763. The van der Waals surface area contributed by atoms with E-state index in [1.807, 2.05) is 6.07 Å². The van der Waals surface area contributed by atoms with Crippen molar-refractivity contribution in [3.8, 4) is 11.5 Å². The van der Waals surface area contributed by atoms with Gasteiger partial charge in [-0.05, 0) is 37.4 Å². The first-order valence-corrected chi connectivity index (χ1v) is 8.97. The van der Waals surface area contributed by atoms with Gasteiger partial charge in [0, 0.05) is 44.4 Å². The highest BCUT2D eigenvalue weighted by Gasteiger charge is 2.27. The minimum Gasteiger partial charge on any atom is -0.507 e. The van der Waals surface area contributed by atoms with E-state index in [9.17, 15) is 10.2 Å². The number of ether oxygens (including phenoxy) is 1. The number of phenols is 1. The predicted molar refractivity (Wildman–Crippen MR) is 96.5 cm³/mol. The smallest absolute Gasteiger partial charge is 0.127 e. The second-order valence-corrected chi connectivity index (χ2v) is 7.08. The second-order valence-electron chi connectivity index (χ2n) is 7.08. The number of methoxy groups -OCH3 is 1. The topological polar surface area (TPSA) is 56.2 Å². The van der Waals surface area contributed by atoms with E-state index in [4.69, 9.17) is 4.74 Å². The van der Waals surface area contributed by atoms with Gasteiger partial charge in [-0.25, -0.2) is 0 Å². The number of benzene rings is 1. The fourth-order valence-corrected chi connectivity index (χ4v) is 3.37. The molecule has 136 valence electrons. The molecule has 0 radical (unpaired) electrons. The Hall–Kier alpha value is -1.30. The molecule has 5 nitrogen and oxygen atoms in total. The van der Waals surface area contributed by atoms with Crippen molar-refractivity contribution in [3.05, 3.63) is 23.8 Å². The molecule has 0 aromatic heterocycles. The fraction of sp³-hybridized carbons (Fsp3) is 0.684. The first-order chi connectivity index (χ1) is 11.5. The molecule has 0 spiro atoms. The largest absolute Gasteiger partial charge is 0.507 e. The van der Waals surface area contributed by atoms with Crippen molar-refractivity contribution in [2.24, 2.45) is 5.92 Å². The van der Waals surface area contributed by atoms with E-state index in [1.165, 1.54) is 6.42 Å². The summed E-state index contributed by atoms with van der Waals surface area (Å²) in [5.74, 6) is 1.72. The number of hydrogen-bond acceptors (Lipinski definition) is 5. The maximum atomic E-state index is 10.2. The number of aliphatic hydroxyl groups is 1. The molecule has 1 aliphatic rings. The summed E-state index contributed by atoms with van der Waals surface area (Å²) in [6.45, 7) is 9.38. The van der Waals surface area contributed by atoms with Gasteiger partial charge in [0.1, 0.15) is 11.5 Å². The van der Waals surface area contributed by atoms with Crippen LogP contribution in [0.5, 0.6) is 11.5 Å². The van der Waals surface area contributed by atoms with Gasteiger partial charge in [-0.15, -0.1) is 0 Å². The third-order valence-corrected chi connectivity index (χ3v) is 4.85. The Morgan fingerprint density at radius 2 is 2.08 bits per heavy atom. The molecule has 5 heteroatoms. The number of phenolic OH excluding ortho intramolecular Hbond substituents is 1. The Kier molecular flexibility index (Phi) is 7.34. The van der Waals surface area contributed by atoms with Gasteiger partial charge in [-0.2, -0.15) is 0 Å². The van der Waals surface area contributed by atoms with Crippen LogP contribution in [0.3, 0.4) is 0 Å². The van der Waals surface area contributed by atoms with Crippen LogP contribution in [-0.4, -0.2) is 66.0 Å². The molecule has 1 aromatic rings. The average molecular weight is 336 g/mol. The third kappa shape index (κ3) is 5.10. The molecular formula is C19H32N2O3. The predicted octanol–water partition coefficient (Wildman–Crippen LogP) is 2.32. The molecule has 1 heterocycles. The van der Waals surface area contributed by atoms with Gasteiger partial charge >= 0.3 is 0 Å². The van der Waals surface area contributed by atoms with Crippen LogP contribution in [-0.2, 0) is 6.54 Å². The van der Waals surface area contributed by atoms with Crippen LogP contribution < -0.4 is 4.74 Å². The van der Waals surface area contributed by atoms with Crippen LogP contribution >= 0.6 is 0 Å². The molecule has 1 aliphatic heterocycles. The highest BCUT2D eigenvalue weighted by Crippen LogP contribution is 2.29. The molecular weight excluding hydrogens is 304 g/mol. The van der Waals surface area contributed by atoms with Crippen molar-refractivity contribution < 1.29 is 14.9 Å². The second kappa shape index (κ2) is 9.25. The summed E-state index contributed by atoms with van der Waals surface area (Å²) >= 11 is 0. The molecule has 1 aromatic carbocycles. The molecule has 0 amide bonds. The molecule has 0 aliphatic carbocycles. The Balaban J connectivity index is 2.01. The number of piperazine rings is 1. The van der Waals surface area contributed by atoms with Crippen LogP contribution in [0.15, 0.2) is 18.2 Å². The van der Waals surface area contributed by atoms with Crippen molar-refractivity contribution in [2.45, 2.75) is 39.3 Å². The summed E-state index contributed by atoms with van der Waals surface area (Å²) in [6, 6.07) is 5.77. The number of nitrogens with zero attached hydrogens (tertiary/aromatic N) is 2. The molecule has 0 unspecified atom stereocenters. The van der Waals surface area contributed by atoms with Crippen molar-refractivity contribution in [3.63, 3.8) is 0 Å². The lowest BCUT2D eigenvalue weighted by Gasteiger charge is -2.42.